The lowest BCUT2D eigenvalue weighted by Gasteiger charge is -2.44. The van der Waals surface area contributed by atoms with E-state index in [1.54, 1.807) is 6.92 Å². The molecule has 1 N–H and O–H groups in total. The molecular weight excluding hydrogens is 294 g/mol. The van der Waals surface area contributed by atoms with Gasteiger partial charge in [-0.2, -0.15) is 0 Å². The third-order valence-electron chi connectivity index (χ3n) is 4.68. The van der Waals surface area contributed by atoms with Crippen molar-refractivity contribution in [3.63, 3.8) is 0 Å². The molecule has 0 aromatic carbocycles. The summed E-state index contributed by atoms with van der Waals surface area (Å²) >= 11 is 0. The zero-order valence-electron chi connectivity index (χ0n) is 15.0. The maximum atomic E-state index is 11.4. The van der Waals surface area contributed by atoms with Crippen molar-refractivity contribution in [2.75, 3.05) is 14.1 Å². The molecule has 1 aromatic heterocycles. The van der Waals surface area contributed by atoms with Crippen LogP contribution in [-0.2, 0) is 22.6 Å². The van der Waals surface area contributed by atoms with Crippen LogP contribution in [0.15, 0.2) is 6.20 Å². The number of rotatable bonds is 5. The van der Waals surface area contributed by atoms with Crippen molar-refractivity contribution in [2.24, 2.45) is 11.8 Å². The molecule has 23 heavy (non-hydrogen) atoms. The summed E-state index contributed by atoms with van der Waals surface area (Å²) in [5, 5.41) is 11.4. The minimum atomic E-state index is -0.0140. The Labute approximate surface area is 138 Å². The lowest BCUT2D eigenvalue weighted by Crippen LogP contribution is -2.56. The Hall–Kier alpha value is -1.47. The average Bonchev–Trinajstić information content (AvgIpc) is 2.87. The molecule has 0 aliphatic carbocycles. The van der Waals surface area contributed by atoms with Crippen LogP contribution in [0.4, 0.5) is 0 Å². The second-order valence-electron chi connectivity index (χ2n) is 6.99. The Morgan fingerprint density at radius 2 is 2.04 bits per heavy atom. The van der Waals surface area contributed by atoms with Gasteiger partial charge >= 0.3 is 0 Å². The van der Waals surface area contributed by atoms with E-state index >= 15 is 0 Å². The van der Waals surface area contributed by atoms with Gasteiger partial charge in [-0.1, -0.05) is 19.1 Å². The van der Waals surface area contributed by atoms with Crippen LogP contribution in [-0.4, -0.2) is 58.1 Å². The molecule has 130 valence electrons. The molecule has 7 heteroatoms. The highest BCUT2D eigenvalue weighted by atomic mass is 16.5. The van der Waals surface area contributed by atoms with Crippen LogP contribution in [0.1, 0.15) is 33.4 Å². The van der Waals surface area contributed by atoms with Crippen molar-refractivity contribution in [1.29, 1.82) is 0 Å². The fourth-order valence-electron chi connectivity index (χ4n) is 3.28. The van der Waals surface area contributed by atoms with Gasteiger partial charge in [0.15, 0.2) is 0 Å². The number of aromatic nitrogens is 3. The molecule has 1 aliphatic rings. The van der Waals surface area contributed by atoms with Crippen molar-refractivity contribution >= 4 is 5.91 Å². The first-order valence-electron chi connectivity index (χ1n) is 8.24. The van der Waals surface area contributed by atoms with Crippen molar-refractivity contribution in [1.82, 2.24) is 25.2 Å². The number of ether oxygens (including phenoxy) is 1. The number of nitrogens with one attached hydrogen (secondary N) is 1. The number of hydrogen-bond acceptors (Lipinski definition) is 5. The highest BCUT2D eigenvalue weighted by molar-refractivity contribution is 5.73. The molecule has 0 bridgehead atoms. The predicted molar refractivity (Wildman–Crippen MR) is 87.7 cm³/mol. The van der Waals surface area contributed by atoms with E-state index in [1.807, 2.05) is 31.9 Å². The lowest BCUT2D eigenvalue weighted by molar-refractivity contribution is -0.135. The Morgan fingerprint density at radius 1 is 1.35 bits per heavy atom. The molecule has 0 radical (unpaired) electrons. The Balaban J connectivity index is 2.01. The monoisotopic (exact) mass is 323 g/mol. The first-order chi connectivity index (χ1) is 10.8. The fraction of sp³-hybridized carbons (Fsp3) is 0.812. The van der Waals surface area contributed by atoms with Gasteiger partial charge < -0.3 is 15.0 Å². The van der Waals surface area contributed by atoms with Gasteiger partial charge in [0.05, 0.1) is 30.5 Å². The summed E-state index contributed by atoms with van der Waals surface area (Å²) in [5.41, 5.74) is 0.954. The van der Waals surface area contributed by atoms with E-state index in [0.29, 0.717) is 18.4 Å². The van der Waals surface area contributed by atoms with Gasteiger partial charge in [0.25, 0.3) is 0 Å². The zero-order valence-corrected chi connectivity index (χ0v) is 15.0. The van der Waals surface area contributed by atoms with Crippen LogP contribution < -0.4 is 5.32 Å². The number of carbonyl (C=O) groups is 1. The first kappa shape index (κ1) is 17.9. The van der Waals surface area contributed by atoms with Gasteiger partial charge in [0.1, 0.15) is 0 Å². The minimum absolute atomic E-state index is 0.00689. The van der Waals surface area contributed by atoms with Gasteiger partial charge in [0.2, 0.25) is 5.91 Å². The highest BCUT2D eigenvalue weighted by Gasteiger charge is 2.39. The number of carbonyl (C=O) groups excluding carboxylic acids is 1. The third-order valence-corrected chi connectivity index (χ3v) is 4.68. The summed E-state index contributed by atoms with van der Waals surface area (Å²) in [6, 6.07) is 0.0544. The molecule has 0 saturated carbocycles. The van der Waals surface area contributed by atoms with E-state index < -0.39 is 0 Å². The largest absolute Gasteiger partial charge is 0.371 e. The minimum Gasteiger partial charge on any atom is -0.371 e. The third kappa shape index (κ3) is 4.51. The molecule has 5 unspecified atom stereocenters. The van der Waals surface area contributed by atoms with Crippen molar-refractivity contribution in [2.45, 2.75) is 59.0 Å². The maximum Gasteiger partial charge on any atom is 0.217 e. The van der Waals surface area contributed by atoms with Gasteiger partial charge in [-0.05, 0) is 32.9 Å². The Morgan fingerprint density at radius 3 is 2.65 bits per heavy atom. The van der Waals surface area contributed by atoms with Crippen molar-refractivity contribution in [3.8, 4) is 0 Å². The summed E-state index contributed by atoms with van der Waals surface area (Å²) in [4.78, 5) is 13.4. The molecule has 1 aliphatic heterocycles. The quantitative estimate of drug-likeness (QED) is 0.872. The van der Waals surface area contributed by atoms with E-state index in [4.69, 9.17) is 4.74 Å². The van der Waals surface area contributed by atoms with E-state index in [-0.39, 0.29) is 24.2 Å². The molecule has 2 heterocycles. The van der Waals surface area contributed by atoms with E-state index in [0.717, 1.165) is 12.2 Å². The second-order valence-corrected chi connectivity index (χ2v) is 6.99. The maximum absolute atomic E-state index is 11.4. The average molecular weight is 323 g/mol. The number of amides is 1. The second kappa shape index (κ2) is 7.40. The smallest absolute Gasteiger partial charge is 0.217 e. The van der Waals surface area contributed by atoms with Crippen LogP contribution in [0.5, 0.6) is 0 Å². The SMILES string of the molecule is CC(=O)NC1C(C)OC(Cn2cc(CN(C)C)nn2)C(C)C1C. The van der Waals surface area contributed by atoms with Crippen LogP contribution in [0.3, 0.4) is 0 Å². The van der Waals surface area contributed by atoms with Crippen molar-refractivity contribution < 1.29 is 9.53 Å². The van der Waals surface area contributed by atoms with Gasteiger partial charge in [-0.15, -0.1) is 5.10 Å². The summed E-state index contributed by atoms with van der Waals surface area (Å²) in [5.74, 6) is 0.662. The first-order valence-corrected chi connectivity index (χ1v) is 8.24. The molecule has 2 rings (SSSR count). The van der Waals surface area contributed by atoms with Crippen molar-refractivity contribution in [3.05, 3.63) is 11.9 Å². The van der Waals surface area contributed by atoms with Gasteiger partial charge in [-0.3, -0.25) is 4.79 Å². The molecule has 0 spiro atoms. The van der Waals surface area contributed by atoms with Gasteiger partial charge in [-0.25, -0.2) is 4.68 Å². The topological polar surface area (TPSA) is 72.3 Å². The predicted octanol–water partition coefficient (Wildman–Crippen LogP) is 0.904. The summed E-state index contributed by atoms with van der Waals surface area (Å²) in [6.07, 6.45) is 2.03. The van der Waals surface area contributed by atoms with Crippen LogP contribution >= 0.6 is 0 Å². The molecule has 1 aromatic rings. The van der Waals surface area contributed by atoms with E-state index in [1.165, 1.54) is 0 Å². The normalized spacial score (nSPS) is 31.3. The summed E-state index contributed by atoms with van der Waals surface area (Å²) in [6.45, 7) is 9.39. The van der Waals surface area contributed by atoms with Gasteiger partial charge in [0, 0.05) is 19.7 Å². The lowest BCUT2D eigenvalue weighted by atomic mass is 9.80. The van der Waals surface area contributed by atoms with E-state index in [2.05, 4.69) is 34.4 Å². The Bertz CT molecular complexity index is 530. The fourth-order valence-corrected chi connectivity index (χ4v) is 3.28. The zero-order chi connectivity index (χ0) is 17.1. The summed E-state index contributed by atoms with van der Waals surface area (Å²) < 4.78 is 8.02. The van der Waals surface area contributed by atoms with Crippen LogP contribution in [0.2, 0.25) is 0 Å². The highest BCUT2D eigenvalue weighted by Crippen LogP contribution is 2.31. The number of hydrogen-bond donors (Lipinski definition) is 1. The van der Waals surface area contributed by atoms with E-state index in [9.17, 15) is 4.79 Å². The molecule has 7 nitrogen and oxygen atoms in total. The van der Waals surface area contributed by atoms with Crippen LogP contribution in [0.25, 0.3) is 0 Å². The summed E-state index contributed by atoms with van der Waals surface area (Å²) in [7, 11) is 4.02. The molecule has 1 saturated heterocycles. The molecule has 1 amide bonds. The molecule has 5 atom stereocenters. The molecular formula is C16H29N5O2. The number of nitrogens with zero attached hydrogens (tertiary/aromatic N) is 4. The standard InChI is InChI=1S/C16H29N5O2/c1-10-11(2)16(17-13(4)22)12(3)23-15(10)9-21-8-14(18-19-21)7-20(5)6/h8,10-12,15-16H,7,9H2,1-6H3,(H,17,22). The molecule has 1 fully saturated rings. The van der Waals surface area contributed by atoms with Crippen LogP contribution in [0, 0.1) is 11.8 Å². The Kier molecular flexibility index (Phi) is 5.75.